The van der Waals surface area contributed by atoms with E-state index in [1.54, 1.807) is 49.2 Å². The Labute approximate surface area is 174 Å². The molecular formula is C24H19FN4O. The maximum atomic E-state index is 14.2. The molecular weight excluding hydrogens is 379 g/mol. The lowest BCUT2D eigenvalue weighted by Crippen LogP contribution is -2.42. The summed E-state index contributed by atoms with van der Waals surface area (Å²) in [6, 6.07) is 18.3. The van der Waals surface area contributed by atoms with Gasteiger partial charge < -0.3 is 5.32 Å². The third kappa shape index (κ3) is 4.45. The third-order valence-corrected chi connectivity index (χ3v) is 4.31. The number of benzene rings is 2. The minimum atomic E-state index is -0.866. The van der Waals surface area contributed by atoms with Gasteiger partial charge in [-0.3, -0.25) is 9.69 Å². The number of terminal acetylenes is 1. The van der Waals surface area contributed by atoms with E-state index in [0.717, 1.165) is 6.07 Å². The van der Waals surface area contributed by atoms with Crippen LogP contribution in [0.5, 0.6) is 0 Å². The van der Waals surface area contributed by atoms with E-state index in [0.29, 0.717) is 11.4 Å². The van der Waals surface area contributed by atoms with E-state index in [2.05, 4.69) is 16.2 Å². The van der Waals surface area contributed by atoms with Crippen molar-refractivity contribution >= 4 is 23.1 Å². The summed E-state index contributed by atoms with van der Waals surface area (Å²) in [5.74, 6) is 1.82. The Morgan fingerprint density at radius 1 is 1.13 bits per heavy atom. The van der Waals surface area contributed by atoms with E-state index in [-0.39, 0.29) is 16.9 Å². The Hall–Kier alpha value is -4.16. The molecule has 0 radical (unpaired) electrons. The first-order valence-corrected chi connectivity index (χ1v) is 9.16. The predicted molar refractivity (Wildman–Crippen MR) is 114 cm³/mol. The van der Waals surface area contributed by atoms with Gasteiger partial charge in [-0.05, 0) is 56.3 Å². The topological polar surface area (TPSA) is 69.0 Å². The molecule has 5 nitrogen and oxygen atoms in total. The van der Waals surface area contributed by atoms with Gasteiger partial charge in [-0.25, -0.2) is 9.37 Å². The molecule has 0 aliphatic carbocycles. The summed E-state index contributed by atoms with van der Waals surface area (Å²) < 4.78 is 14.2. The number of hydrogen-bond acceptors (Lipinski definition) is 4. The van der Waals surface area contributed by atoms with E-state index in [9.17, 15) is 14.4 Å². The van der Waals surface area contributed by atoms with Crippen molar-refractivity contribution in [1.82, 2.24) is 10.3 Å². The van der Waals surface area contributed by atoms with E-state index in [1.165, 1.54) is 12.1 Å². The smallest absolute Gasteiger partial charge is 0.256 e. The van der Waals surface area contributed by atoms with E-state index >= 15 is 0 Å². The van der Waals surface area contributed by atoms with Crippen LogP contribution in [0.3, 0.4) is 0 Å². The van der Waals surface area contributed by atoms with Crippen LogP contribution in [0.25, 0.3) is 0 Å². The summed E-state index contributed by atoms with van der Waals surface area (Å²) in [6.45, 7) is 3.42. The highest BCUT2D eigenvalue weighted by molar-refractivity contribution is 6.01. The zero-order valence-electron chi connectivity index (χ0n) is 16.6. The Morgan fingerprint density at radius 2 is 1.87 bits per heavy atom. The molecule has 1 N–H and O–H groups in total. The number of carbonyl (C=O) groups excluding carboxylic acids is 1. The Bertz CT molecular complexity index is 1160. The minimum absolute atomic E-state index is 0.154. The maximum Gasteiger partial charge on any atom is 0.256 e. The maximum absolute atomic E-state index is 14.2. The summed E-state index contributed by atoms with van der Waals surface area (Å²) in [4.78, 5) is 19.0. The van der Waals surface area contributed by atoms with Gasteiger partial charge in [-0.2, -0.15) is 5.26 Å². The van der Waals surface area contributed by atoms with E-state index in [1.807, 2.05) is 24.3 Å². The fourth-order valence-corrected chi connectivity index (χ4v) is 2.88. The molecule has 0 aliphatic heterocycles. The Morgan fingerprint density at radius 3 is 2.53 bits per heavy atom. The summed E-state index contributed by atoms with van der Waals surface area (Å²) in [5, 5.41) is 12.1. The number of hydrogen-bond donors (Lipinski definition) is 1. The molecule has 2 aromatic carbocycles. The van der Waals surface area contributed by atoms with Crippen molar-refractivity contribution in [2.45, 2.75) is 19.4 Å². The van der Waals surface area contributed by atoms with Crippen molar-refractivity contribution in [3.63, 3.8) is 0 Å². The summed E-state index contributed by atoms with van der Waals surface area (Å²) >= 11 is 0. The number of halogens is 1. The molecule has 3 aromatic rings. The van der Waals surface area contributed by atoms with Crippen LogP contribution >= 0.6 is 0 Å². The van der Waals surface area contributed by atoms with Crippen molar-refractivity contribution < 1.29 is 9.18 Å². The molecule has 6 heteroatoms. The average Bonchev–Trinajstić information content (AvgIpc) is 2.74. The molecule has 0 bridgehead atoms. The van der Waals surface area contributed by atoms with Gasteiger partial charge in [-0.15, -0.1) is 6.42 Å². The first kappa shape index (κ1) is 20.6. The molecule has 0 unspecified atom stereocenters. The van der Waals surface area contributed by atoms with Gasteiger partial charge in [-0.1, -0.05) is 24.1 Å². The molecule has 0 saturated carbocycles. The second kappa shape index (κ2) is 8.46. The van der Waals surface area contributed by atoms with Crippen LogP contribution in [0.1, 0.15) is 29.8 Å². The van der Waals surface area contributed by atoms with Crippen LogP contribution in [-0.2, 0) is 0 Å². The Kier molecular flexibility index (Phi) is 5.80. The molecule has 30 heavy (non-hydrogen) atoms. The summed E-state index contributed by atoms with van der Waals surface area (Å²) in [7, 11) is 0. The minimum Gasteiger partial charge on any atom is -0.336 e. The predicted octanol–water partition coefficient (Wildman–Crippen LogP) is 4.70. The molecule has 0 saturated heterocycles. The number of para-hydroxylation sites is 1. The summed E-state index contributed by atoms with van der Waals surface area (Å²) in [6.07, 6.45) is 7.04. The van der Waals surface area contributed by atoms with Crippen LogP contribution < -0.4 is 10.2 Å². The number of carbonyl (C=O) groups is 1. The monoisotopic (exact) mass is 398 g/mol. The van der Waals surface area contributed by atoms with E-state index < -0.39 is 17.3 Å². The zero-order valence-corrected chi connectivity index (χ0v) is 16.6. The quantitative estimate of drug-likeness (QED) is 0.633. The van der Waals surface area contributed by atoms with Crippen molar-refractivity contribution in [2.24, 2.45) is 0 Å². The van der Waals surface area contributed by atoms with Crippen LogP contribution in [0.15, 0.2) is 66.9 Å². The highest BCUT2D eigenvalue weighted by atomic mass is 19.1. The molecule has 148 valence electrons. The fourth-order valence-electron chi connectivity index (χ4n) is 2.88. The average molecular weight is 398 g/mol. The Balaban J connectivity index is 2.20. The van der Waals surface area contributed by atoms with Crippen molar-refractivity contribution in [1.29, 1.82) is 5.26 Å². The lowest BCUT2D eigenvalue weighted by molar-refractivity contribution is 0.0930. The van der Waals surface area contributed by atoms with Crippen LogP contribution in [-0.4, -0.2) is 16.4 Å². The van der Waals surface area contributed by atoms with Crippen LogP contribution in [0.4, 0.5) is 21.6 Å². The number of aromatic nitrogens is 1. The van der Waals surface area contributed by atoms with Gasteiger partial charge in [0, 0.05) is 11.9 Å². The van der Waals surface area contributed by atoms with Crippen molar-refractivity contribution in [3.05, 3.63) is 83.8 Å². The van der Waals surface area contributed by atoms with Gasteiger partial charge >= 0.3 is 0 Å². The van der Waals surface area contributed by atoms with Crippen molar-refractivity contribution in [3.8, 4) is 18.4 Å². The number of rotatable bonds is 5. The second-order valence-corrected chi connectivity index (χ2v) is 7.08. The molecule has 0 spiro atoms. The molecule has 1 heterocycles. The van der Waals surface area contributed by atoms with Gasteiger partial charge in [0.1, 0.15) is 11.6 Å². The standard InChI is InChI=1S/C24H19FN4O/c1-4-24(2,3)28-23(30)21-11-8-12-27-22(21)29(19-9-6-5-7-10-19)20-14-17(16-26)13-18(25)15-20/h1,5-15H,2-3H3,(H,28,30). The first-order chi connectivity index (χ1) is 14.3. The molecule has 0 fully saturated rings. The number of nitrogens with zero attached hydrogens (tertiary/aromatic N) is 3. The first-order valence-electron chi connectivity index (χ1n) is 9.16. The highest BCUT2D eigenvalue weighted by Gasteiger charge is 2.25. The molecule has 1 amide bonds. The molecule has 0 aliphatic rings. The summed E-state index contributed by atoms with van der Waals surface area (Å²) in [5.41, 5.74) is 0.556. The zero-order chi connectivity index (χ0) is 21.7. The number of anilines is 3. The van der Waals surface area contributed by atoms with Gasteiger partial charge in [0.05, 0.1) is 28.4 Å². The van der Waals surface area contributed by atoms with Crippen LogP contribution in [0.2, 0.25) is 0 Å². The molecule has 0 atom stereocenters. The SMILES string of the molecule is C#CC(C)(C)NC(=O)c1cccnc1N(c1ccccc1)c1cc(F)cc(C#N)c1. The molecule has 3 rings (SSSR count). The number of amides is 1. The lowest BCUT2D eigenvalue weighted by Gasteiger charge is -2.27. The van der Waals surface area contributed by atoms with Gasteiger partial charge in [0.2, 0.25) is 0 Å². The number of nitriles is 1. The van der Waals surface area contributed by atoms with Crippen LogP contribution in [0, 0.1) is 29.5 Å². The fraction of sp³-hybridized carbons (Fsp3) is 0.125. The molecule has 1 aromatic heterocycles. The van der Waals surface area contributed by atoms with Gasteiger partial charge in [0.15, 0.2) is 0 Å². The third-order valence-electron chi connectivity index (χ3n) is 4.31. The lowest BCUT2D eigenvalue weighted by atomic mass is 10.1. The van der Waals surface area contributed by atoms with Crippen molar-refractivity contribution in [2.75, 3.05) is 4.90 Å². The number of nitrogens with one attached hydrogen (secondary N) is 1. The normalized spacial score (nSPS) is 10.6. The van der Waals surface area contributed by atoms with E-state index in [4.69, 9.17) is 6.42 Å². The van der Waals surface area contributed by atoms with Gasteiger partial charge in [0.25, 0.3) is 5.91 Å². The largest absolute Gasteiger partial charge is 0.336 e. The number of pyridine rings is 1. The second-order valence-electron chi connectivity index (χ2n) is 7.08. The highest BCUT2D eigenvalue weighted by Crippen LogP contribution is 2.36.